The quantitative estimate of drug-likeness (QED) is 0.196. The van der Waals surface area contributed by atoms with Gasteiger partial charge in [-0.3, -0.25) is 4.90 Å². The van der Waals surface area contributed by atoms with Crippen LogP contribution in [0.25, 0.3) is 5.69 Å². The minimum absolute atomic E-state index is 0.0781. The fourth-order valence-electron chi connectivity index (χ4n) is 6.61. The molecule has 250 valence electrons. The Morgan fingerprint density at radius 1 is 0.854 bits per heavy atom. The standard InChI is InChI=1S/C36H43N9O2S/c1-4-28(2)45-35(46)43(27-39-45)32-12-10-30(11-13-32)41-20-22-42(23-21-41)31-14-16-34(17-15-31)47-24-33-25-48-36(40(33)3,26-44-37-18-19-38-44)29-8-6-5-7-9-29/h5-19,27-28,33H,4,20-26H2,1-3H3/t28?,33-,36+/m0/s1. The van der Waals surface area contributed by atoms with Gasteiger partial charge in [0, 0.05) is 43.3 Å². The van der Waals surface area contributed by atoms with Gasteiger partial charge in [-0.05, 0) is 74.5 Å². The van der Waals surface area contributed by atoms with E-state index in [0.29, 0.717) is 13.2 Å². The summed E-state index contributed by atoms with van der Waals surface area (Å²) in [5.41, 5.74) is 4.35. The van der Waals surface area contributed by atoms with E-state index in [1.165, 1.54) is 11.3 Å². The maximum absolute atomic E-state index is 12.8. The molecule has 0 radical (unpaired) electrons. The second-order valence-corrected chi connectivity index (χ2v) is 13.9. The van der Waals surface area contributed by atoms with Crippen LogP contribution < -0.4 is 20.2 Å². The summed E-state index contributed by atoms with van der Waals surface area (Å²) in [5.74, 6) is 1.84. The molecule has 2 fully saturated rings. The van der Waals surface area contributed by atoms with Gasteiger partial charge in [0.15, 0.2) is 0 Å². The predicted octanol–water partition coefficient (Wildman–Crippen LogP) is 4.90. The number of nitrogens with zero attached hydrogens (tertiary/aromatic N) is 9. The lowest BCUT2D eigenvalue weighted by Crippen LogP contribution is -2.46. The molecule has 2 aromatic heterocycles. The van der Waals surface area contributed by atoms with Crippen LogP contribution in [-0.2, 0) is 11.4 Å². The van der Waals surface area contributed by atoms with E-state index in [4.69, 9.17) is 4.74 Å². The van der Waals surface area contributed by atoms with Crippen molar-refractivity contribution in [1.29, 1.82) is 0 Å². The van der Waals surface area contributed by atoms with Crippen LogP contribution in [0.15, 0.2) is 102 Å². The number of benzene rings is 3. The van der Waals surface area contributed by atoms with E-state index < -0.39 is 0 Å². The summed E-state index contributed by atoms with van der Waals surface area (Å²) in [4.78, 5) is 21.6. The Kier molecular flexibility index (Phi) is 9.27. The molecule has 12 heteroatoms. The molecule has 2 saturated heterocycles. The number of ether oxygens (including phenoxy) is 1. The highest BCUT2D eigenvalue weighted by atomic mass is 32.2. The number of anilines is 2. The minimum atomic E-state index is -0.265. The highest BCUT2D eigenvalue weighted by Gasteiger charge is 2.47. The summed E-state index contributed by atoms with van der Waals surface area (Å²) in [6, 6.07) is 27.7. The number of rotatable bonds is 11. The minimum Gasteiger partial charge on any atom is -0.492 e. The molecule has 0 bridgehead atoms. The second-order valence-electron chi connectivity index (χ2n) is 12.6. The zero-order valence-electron chi connectivity index (χ0n) is 27.8. The van der Waals surface area contributed by atoms with Crippen molar-refractivity contribution >= 4 is 23.1 Å². The summed E-state index contributed by atoms with van der Waals surface area (Å²) in [5, 5.41) is 13.1. The van der Waals surface area contributed by atoms with E-state index in [1.54, 1.807) is 32.8 Å². The van der Waals surface area contributed by atoms with Crippen molar-refractivity contribution in [3.8, 4) is 11.4 Å². The van der Waals surface area contributed by atoms with Gasteiger partial charge in [-0.2, -0.15) is 20.1 Å². The first-order chi connectivity index (χ1) is 23.4. The maximum Gasteiger partial charge on any atom is 0.350 e. The van der Waals surface area contributed by atoms with Crippen LogP contribution in [-0.4, -0.2) is 85.9 Å². The highest BCUT2D eigenvalue weighted by Crippen LogP contribution is 2.47. The van der Waals surface area contributed by atoms with Crippen molar-refractivity contribution < 1.29 is 4.74 Å². The van der Waals surface area contributed by atoms with Gasteiger partial charge >= 0.3 is 5.69 Å². The molecule has 7 rings (SSSR count). The Balaban J connectivity index is 0.929. The molecule has 3 aromatic carbocycles. The molecular formula is C36H43N9O2S. The maximum atomic E-state index is 12.8. The zero-order chi connectivity index (χ0) is 33.1. The molecule has 0 N–H and O–H groups in total. The molecule has 0 spiro atoms. The van der Waals surface area contributed by atoms with Crippen LogP contribution in [0.4, 0.5) is 11.4 Å². The van der Waals surface area contributed by atoms with Gasteiger partial charge in [0.05, 0.1) is 36.7 Å². The van der Waals surface area contributed by atoms with E-state index in [0.717, 1.165) is 55.5 Å². The molecule has 0 aliphatic carbocycles. The lowest BCUT2D eigenvalue weighted by molar-refractivity contribution is 0.112. The fourth-order valence-corrected chi connectivity index (χ4v) is 8.26. The Bertz CT molecular complexity index is 1820. The van der Waals surface area contributed by atoms with Gasteiger partial charge in [-0.25, -0.2) is 14.0 Å². The highest BCUT2D eigenvalue weighted by molar-refractivity contribution is 8.00. The third-order valence-corrected chi connectivity index (χ3v) is 11.5. The summed E-state index contributed by atoms with van der Waals surface area (Å²) in [6.45, 7) is 9.05. The largest absolute Gasteiger partial charge is 0.492 e. The van der Waals surface area contributed by atoms with Crippen molar-refractivity contribution in [3.63, 3.8) is 0 Å². The summed E-state index contributed by atoms with van der Waals surface area (Å²) >= 11 is 1.93. The molecule has 4 heterocycles. The van der Waals surface area contributed by atoms with Gasteiger partial charge in [0.2, 0.25) is 0 Å². The third-order valence-electron chi connectivity index (χ3n) is 9.80. The van der Waals surface area contributed by atoms with E-state index in [-0.39, 0.29) is 22.6 Å². The molecular weight excluding hydrogens is 623 g/mol. The first-order valence-corrected chi connectivity index (χ1v) is 17.7. The fraction of sp³-hybridized carbons (Fsp3) is 0.389. The molecule has 1 unspecified atom stereocenters. The Morgan fingerprint density at radius 3 is 2.08 bits per heavy atom. The molecule has 2 aliphatic heterocycles. The number of hydrogen-bond acceptors (Lipinski definition) is 9. The molecule has 0 saturated carbocycles. The van der Waals surface area contributed by atoms with E-state index in [1.807, 2.05) is 30.8 Å². The van der Waals surface area contributed by atoms with E-state index in [9.17, 15) is 4.79 Å². The summed E-state index contributed by atoms with van der Waals surface area (Å²) in [7, 11) is 2.19. The van der Waals surface area contributed by atoms with Crippen LogP contribution in [0, 0.1) is 0 Å². The van der Waals surface area contributed by atoms with Crippen LogP contribution in [0.3, 0.4) is 0 Å². The first kappa shape index (κ1) is 32.0. The molecule has 0 amide bonds. The first-order valence-electron chi connectivity index (χ1n) is 16.7. The van der Waals surface area contributed by atoms with Crippen LogP contribution in [0.2, 0.25) is 0 Å². The van der Waals surface area contributed by atoms with Gasteiger partial charge in [-0.1, -0.05) is 37.3 Å². The molecule has 2 aliphatic rings. The van der Waals surface area contributed by atoms with Crippen LogP contribution >= 0.6 is 11.8 Å². The number of thioether (sulfide) groups is 1. The Labute approximate surface area is 285 Å². The van der Waals surface area contributed by atoms with Gasteiger partial charge < -0.3 is 14.5 Å². The Hall–Kier alpha value is -4.55. The van der Waals surface area contributed by atoms with Crippen LogP contribution in [0.5, 0.6) is 5.75 Å². The number of aromatic nitrogens is 6. The third kappa shape index (κ3) is 6.34. The molecule has 3 atom stereocenters. The number of hydrogen-bond donors (Lipinski definition) is 0. The lowest BCUT2D eigenvalue weighted by atomic mass is 10.0. The number of piperazine rings is 1. The van der Waals surface area contributed by atoms with E-state index >= 15 is 0 Å². The van der Waals surface area contributed by atoms with Crippen molar-refractivity contribution in [2.75, 3.05) is 55.4 Å². The van der Waals surface area contributed by atoms with Crippen LogP contribution in [0.1, 0.15) is 31.9 Å². The molecule has 48 heavy (non-hydrogen) atoms. The second kappa shape index (κ2) is 13.9. The summed E-state index contributed by atoms with van der Waals surface area (Å²) in [6.07, 6.45) is 5.95. The zero-order valence-corrected chi connectivity index (χ0v) is 28.6. The smallest absolute Gasteiger partial charge is 0.350 e. The van der Waals surface area contributed by atoms with E-state index in [2.05, 4.69) is 111 Å². The molecule has 11 nitrogen and oxygen atoms in total. The van der Waals surface area contributed by atoms with Crippen molar-refractivity contribution in [1.82, 2.24) is 34.2 Å². The summed E-state index contributed by atoms with van der Waals surface area (Å²) < 4.78 is 9.53. The molecule has 5 aromatic rings. The SMILES string of the molecule is CCC(C)n1ncn(-c2ccc(N3CCN(c4ccc(OC[C@H]5CS[C@](Cn6nccn6)(c6ccccc6)N5C)cc4)CC3)cc2)c1=O. The van der Waals surface area contributed by atoms with Gasteiger partial charge in [0.1, 0.15) is 23.6 Å². The van der Waals surface area contributed by atoms with Crippen molar-refractivity contribution in [3.05, 3.63) is 114 Å². The van der Waals surface area contributed by atoms with Crippen molar-refractivity contribution in [2.45, 2.75) is 43.8 Å². The van der Waals surface area contributed by atoms with Crippen molar-refractivity contribution in [2.24, 2.45) is 0 Å². The Morgan fingerprint density at radius 2 is 1.46 bits per heavy atom. The number of likely N-dealkylation sites (N-methyl/N-ethyl adjacent to an activating group) is 1. The van der Waals surface area contributed by atoms with Gasteiger partial charge in [0.25, 0.3) is 0 Å². The normalized spacial score (nSPS) is 20.7. The average molecular weight is 666 g/mol. The topological polar surface area (TPSA) is 89.5 Å². The average Bonchev–Trinajstić information content (AvgIpc) is 3.88. The monoisotopic (exact) mass is 665 g/mol. The van der Waals surface area contributed by atoms with Gasteiger partial charge in [-0.15, -0.1) is 11.8 Å². The predicted molar refractivity (Wildman–Crippen MR) is 191 cm³/mol. The lowest BCUT2D eigenvalue weighted by Gasteiger charge is -2.37.